The molecule has 27 heavy (non-hydrogen) atoms. The zero-order valence-corrected chi connectivity index (χ0v) is 14.0. The lowest BCUT2D eigenvalue weighted by Gasteiger charge is -2.09. The van der Waals surface area contributed by atoms with Gasteiger partial charge in [-0.25, -0.2) is 4.79 Å². The Hall–Kier alpha value is -3.02. The molecule has 2 rings (SSSR count). The van der Waals surface area contributed by atoms with Gasteiger partial charge in [0.05, 0.1) is 28.3 Å². The van der Waals surface area contributed by atoms with Crippen LogP contribution in [-0.4, -0.2) is 11.1 Å². The van der Waals surface area contributed by atoms with Crippen molar-refractivity contribution in [1.82, 2.24) is 0 Å². The minimum Gasteiger partial charge on any atom is -0.478 e. The van der Waals surface area contributed by atoms with Gasteiger partial charge in [0, 0.05) is 0 Å². The van der Waals surface area contributed by atoms with Gasteiger partial charge in [0.25, 0.3) is 0 Å². The molecule has 0 amide bonds. The lowest BCUT2D eigenvalue weighted by Crippen LogP contribution is -2.08. The van der Waals surface area contributed by atoms with Gasteiger partial charge in [-0.2, -0.15) is 31.6 Å². The van der Waals surface area contributed by atoms with Crippen molar-refractivity contribution in [2.45, 2.75) is 26.2 Å². The number of nitrogens with zero attached hydrogens (tertiary/aromatic N) is 1. The van der Waals surface area contributed by atoms with Gasteiger partial charge in [0.15, 0.2) is 0 Å². The Morgan fingerprint density at radius 1 is 0.889 bits per heavy atom. The molecule has 0 spiro atoms. The SMILES string of the molecule is Cc1cc(C#N)ccc1C(F)(F)F.Cc1cc(C(=O)O)ccc1C(F)(F)F. The van der Waals surface area contributed by atoms with Crippen LogP contribution in [0.5, 0.6) is 0 Å². The van der Waals surface area contributed by atoms with E-state index in [1.165, 1.54) is 19.9 Å². The number of aromatic carboxylic acids is 1. The van der Waals surface area contributed by atoms with E-state index in [2.05, 4.69) is 0 Å². The van der Waals surface area contributed by atoms with Crippen LogP contribution in [0, 0.1) is 25.2 Å². The summed E-state index contributed by atoms with van der Waals surface area (Å²) < 4.78 is 73.3. The number of nitriles is 1. The van der Waals surface area contributed by atoms with Crippen molar-refractivity contribution in [2.75, 3.05) is 0 Å². The molecule has 3 nitrogen and oxygen atoms in total. The largest absolute Gasteiger partial charge is 0.478 e. The van der Waals surface area contributed by atoms with E-state index in [-0.39, 0.29) is 22.3 Å². The number of halogens is 6. The number of hydrogen-bond donors (Lipinski definition) is 1. The lowest BCUT2D eigenvalue weighted by molar-refractivity contribution is -0.138. The fourth-order valence-electron chi connectivity index (χ4n) is 2.17. The molecular formula is C18H13F6NO2. The number of benzene rings is 2. The number of carboxylic acid groups (broad SMARTS) is 1. The van der Waals surface area contributed by atoms with Crippen molar-refractivity contribution in [3.05, 3.63) is 69.8 Å². The summed E-state index contributed by atoms with van der Waals surface area (Å²) >= 11 is 0. The molecule has 2 aromatic carbocycles. The van der Waals surface area contributed by atoms with Crippen LogP contribution in [0.15, 0.2) is 36.4 Å². The molecule has 0 radical (unpaired) electrons. The highest BCUT2D eigenvalue weighted by Crippen LogP contribution is 2.32. The second kappa shape index (κ2) is 8.12. The van der Waals surface area contributed by atoms with E-state index in [4.69, 9.17) is 10.4 Å². The topological polar surface area (TPSA) is 61.1 Å². The molecule has 0 aliphatic heterocycles. The molecule has 0 bridgehead atoms. The van der Waals surface area contributed by atoms with Gasteiger partial charge in [0.2, 0.25) is 0 Å². The molecule has 0 aliphatic rings. The third kappa shape index (κ3) is 6.02. The summed E-state index contributed by atoms with van der Waals surface area (Å²) in [5.74, 6) is -1.23. The lowest BCUT2D eigenvalue weighted by atomic mass is 10.1. The maximum atomic E-state index is 12.2. The van der Waals surface area contributed by atoms with E-state index in [0.29, 0.717) is 0 Å². The second-order valence-corrected chi connectivity index (χ2v) is 5.47. The van der Waals surface area contributed by atoms with Gasteiger partial charge >= 0.3 is 18.3 Å². The zero-order chi connectivity index (χ0) is 21.0. The monoisotopic (exact) mass is 389 g/mol. The van der Waals surface area contributed by atoms with Crippen LogP contribution in [0.25, 0.3) is 0 Å². The maximum Gasteiger partial charge on any atom is 0.416 e. The van der Waals surface area contributed by atoms with Crippen LogP contribution < -0.4 is 0 Å². The van der Waals surface area contributed by atoms with Crippen LogP contribution in [0.2, 0.25) is 0 Å². The Labute approximate surface area is 150 Å². The summed E-state index contributed by atoms with van der Waals surface area (Å²) in [4.78, 5) is 10.4. The first kappa shape index (κ1) is 22.0. The number of hydrogen-bond acceptors (Lipinski definition) is 2. The van der Waals surface area contributed by atoms with Gasteiger partial charge in [-0.1, -0.05) is 0 Å². The summed E-state index contributed by atoms with van der Waals surface area (Å²) in [6, 6.07) is 7.82. The van der Waals surface area contributed by atoms with Gasteiger partial charge in [-0.15, -0.1) is 0 Å². The Morgan fingerprint density at radius 2 is 1.33 bits per heavy atom. The first-order valence-electron chi connectivity index (χ1n) is 7.26. The average molecular weight is 389 g/mol. The van der Waals surface area contributed by atoms with Crippen molar-refractivity contribution >= 4 is 5.97 Å². The third-order valence-electron chi connectivity index (χ3n) is 3.44. The van der Waals surface area contributed by atoms with Crippen molar-refractivity contribution in [3.63, 3.8) is 0 Å². The molecule has 0 aromatic heterocycles. The van der Waals surface area contributed by atoms with E-state index >= 15 is 0 Å². The first-order chi connectivity index (χ1) is 12.3. The Morgan fingerprint density at radius 3 is 1.67 bits per heavy atom. The number of aryl methyl sites for hydroxylation is 2. The van der Waals surface area contributed by atoms with Gasteiger partial charge < -0.3 is 5.11 Å². The predicted molar refractivity (Wildman–Crippen MR) is 84.0 cm³/mol. The van der Waals surface area contributed by atoms with Crippen LogP contribution in [0.1, 0.15) is 38.2 Å². The van der Waals surface area contributed by atoms with E-state index in [1.807, 2.05) is 0 Å². The quantitative estimate of drug-likeness (QED) is 0.646. The molecule has 9 heteroatoms. The highest BCUT2D eigenvalue weighted by atomic mass is 19.4. The molecule has 0 saturated heterocycles. The van der Waals surface area contributed by atoms with Crippen molar-refractivity contribution in [3.8, 4) is 6.07 Å². The summed E-state index contributed by atoms with van der Waals surface area (Å²) in [6.07, 6.45) is -8.76. The van der Waals surface area contributed by atoms with Crippen LogP contribution in [0.3, 0.4) is 0 Å². The minimum atomic E-state index is -4.43. The first-order valence-corrected chi connectivity index (χ1v) is 7.26. The zero-order valence-electron chi connectivity index (χ0n) is 14.0. The summed E-state index contributed by atoms with van der Waals surface area (Å²) in [7, 11) is 0. The normalized spacial score (nSPS) is 11.2. The Balaban J connectivity index is 0.000000271. The molecule has 0 atom stereocenters. The molecule has 0 fully saturated rings. The maximum absolute atomic E-state index is 12.2. The van der Waals surface area contributed by atoms with E-state index in [0.717, 1.165) is 30.3 Å². The molecule has 0 aliphatic carbocycles. The van der Waals surface area contributed by atoms with Gasteiger partial charge in [-0.3, -0.25) is 0 Å². The van der Waals surface area contributed by atoms with Crippen LogP contribution >= 0.6 is 0 Å². The van der Waals surface area contributed by atoms with Crippen LogP contribution in [-0.2, 0) is 12.4 Å². The van der Waals surface area contributed by atoms with Gasteiger partial charge in [-0.05, 0) is 61.4 Å². The summed E-state index contributed by atoms with van der Waals surface area (Å²) in [5.41, 5.74) is -1.40. The summed E-state index contributed by atoms with van der Waals surface area (Å²) in [5, 5.41) is 16.9. The smallest absolute Gasteiger partial charge is 0.416 e. The van der Waals surface area contributed by atoms with E-state index in [9.17, 15) is 31.1 Å². The number of alkyl halides is 6. The molecule has 0 unspecified atom stereocenters. The molecule has 0 saturated carbocycles. The average Bonchev–Trinajstić information content (AvgIpc) is 2.52. The number of rotatable bonds is 1. The number of carboxylic acids is 1. The third-order valence-corrected chi connectivity index (χ3v) is 3.44. The van der Waals surface area contributed by atoms with E-state index < -0.39 is 29.4 Å². The Kier molecular flexibility index (Phi) is 6.62. The van der Waals surface area contributed by atoms with E-state index in [1.54, 1.807) is 6.07 Å². The highest BCUT2D eigenvalue weighted by Gasteiger charge is 2.33. The number of carbonyl (C=O) groups is 1. The molecular weight excluding hydrogens is 376 g/mol. The standard InChI is InChI=1S/C9H6F3N.C9H7F3O2/c1-6-4-7(5-13)2-3-8(6)9(10,11)12;1-5-4-6(8(13)14)2-3-7(5)9(10,11)12/h2-4H,1H3;2-4H,1H3,(H,13,14). The predicted octanol–water partition coefficient (Wildman–Crippen LogP) is 5.60. The fraction of sp³-hybridized carbons (Fsp3) is 0.222. The molecule has 144 valence electrons. The molecule has 2 aromatic rings. The van der Waals surface area contributed by atoms with Crippen molar-refractivity contribution < 1.29 is 36.2 Å². The van der Waals surface area contributed by atoms with Gasteiger partial charge in [0.1, 0.15) is 0 Å². The Bertz CT molecular complexity index is 879. The molecule has 0 heterocycles. The highest BCUT2D eigenvalue weighted by molar-refractivity contribution is 5.87. The van der Waals surface area contributed by atoms with Crippen molar-refractivity contribution in [1.29, 1.82) is 5.26 Å². The molecule has 1 N–H and O–H groups in total. The van der Waals surface area contributed by atoms with Crippen LogP contribution in [0.4, 0.5) is 26.3 Å². The van der Waals surface area contributed by atoms with Crippen molar-refractivity contribution in [2.24, 2.45) is 0 Å². The minimum absolute atomic E-state index is 0.0755. The second-order valence-electron chi connectivity index (χ2n) is 5.47. The fourth-order valence-corrected chi connectivity index (χ4v) is 2.17. The summed E-state index contributed by atoms with van der Waals surface area (Å²) in [6.45, 7) is 2.57.